The number of nitriles is 1. The lowest BCUT2D eigenvalue weighted by Crippen LogP contribution is -2.22. The molecule has 0 amide bonds. The van der Waals surface area contributed by atoms with Crippen molar-refractivity contribution in [1.29, 1.82) is 5.26 Å². The molecule has 0 bridgehead atoms. The maximum absolute atomic E-state index is 9.43. The van der Waals surface area contributed by atoms with Crippen LogP contribution < -0.4 is 9.47 Å². The summed E-state index contributed by atoms with van der Waals surface area (Å²) < 4.78 is 11.5. The third kappa shape index (κ3) is 6.15. The van der Waals surface area contributed by atoms with E-state index in [0.29, 0.717) is 34.3 Å². The van der Waals surface area contributed by atoms with Crippen molar-refractivity contribution in [3.8, 4) is 17.7 Å². The first-order valence-electron chi connectivity index (χ1n) is 8.64. The molecule has 0 N–H and O–H groups in total. The molecule has 0 spiro atoms. The van der Waals surface area contributed by atoms with Crippen LogP contribution >= 0.6 is 11.6 Å². The first kappa shape index (κ1) is 20.5. The Hall–Kier alpha value is -2.78. The number of halogens is 1. The van der Waals surface area contributed by atoms with Crippen molar-refractivity contribution in [2.24, 2.45) is 4.99 Å². The maximum atomic E-state index is 9.43. The molecule has 6 nitrogen and oxygen atoms in total. The number of hydrogen-bond donors (Lipinski definition) is 0. The molecule has 1 unspecified atom stereocenters. The number of aryl methyl sites for hydroxylation is 1. The highest BCUT2D eigenvalue weighted by Crippen LogP contribution is 2.25. The molecule has 7 heteroatoms. The van der Waals surface area contributed by atoms with Crippen LogP contribution in [-0.2, 0) is 0 Å². The van der Waals surface area contributed by atoms with E-state index in [9.17, 15) is 5.26 Å². The molecule has 142 valence electrons. The fraction of sp³-hybridized carbons (Fsp3) is 0.350. The molecule has 2 rings (SSSR count). The Bertz CT molecular complexity index is 831. The predicted octanol–water partition coefficient (Wildman–Crippen LogP) is 4.37. The summed E-state index contributed by atoms with van der Waals surface area (Å²) in [7, 11) is 1.93. The van der Waals surface area contributed by atoms with Crippen molar-refractivity contribution in [3.05, 3.63) is 46.6 Å². The summed E-state index contributed by atoms with van der Waals surface area (Å²) in [6.45, 7) is 6.88. The Morgan fingerprint density at radius 3 is 2.70 bits per heavy atom. The van der Waals surface area contributed by atoms with Gasteiger partial charge < -0.3 is 14.4 Å². The lowest BCUT2D eigenvalue weighted by atomic mass is 10.2. The second kappa shape index (κ2) is 9.79. The van der Waals surface area contributed by atoms with E-state index < -0.39 is 0 Å². The number of nitrogens with zero attached hydrogens (tertiary/aromatic N) is 4. The minimum atomic E-state index is -0.291. The average Bonchev–Trinajstić information content (AvgIpc) is 2.66. The molecule has 0 fully saturated rings. The molecule has 1 heterocycles. The van der Waals surface area contributed by atoms with E-state index >= 15 is 0 Å². The molecule has 1 atom stereocenters. The van der Waals surface area contributed by atoms with Gasteiger partial charge in [0.1, 0.15) is 30.1 Å². The van der Waals surface area contributed by atoms with E-state index in [4.69, 9.17) is 21.1 Å². The van der Waals surface area contributed by atoms with Crippen LogP contribution in [0.4, 0.5) is 5.69 Å². The molecular formula is C20H23ClN4O2. The number of hydrogen-bond acceptors (Lipinski definition) is 5. The zero-order valence-electron chi connectivity index (χ0n) is 15.9. The zero-order valence-corrected chi connectivity index (χ0v) is 16.7. The molecule has 0 aliphatic rings. The van der Waals surface area contributed by atoms with Gasteiger partial charge in [0.25, 0.3) is 0 Å². The van der Waals surface area contributed by atoms with Crippen molar-refractivity contribution >= 4 is 23.6 Å². The molecule has 27 heavy (non-hydrogen) atoms. The van der Waals surface area contributed by atoms with E-state index in [-0.39, 0.29) is 12.0 Å². The fourth-order valence-electron chi connectivity index (χ4n) is 2.08. The summed E-state index contributed by atoms with van der Waals surface area (Å²) in [5, 5.41) is 10.1. The van der Waals surface area contributed by atoms with Gasteiger partial charge in [-0.15, -0.1) is 0 Å². The quantitative estimate of drug-likeness (QED) is 0.497. The first-order chi connectivity index (χ1) is 12.9. The molecule has 0 aliphatic carbocycles. The summed E-state index contributed by atoms with van der Waals surface area (Å²) in [5.41, 5.74) is 1.67. The van der Waals surface area contributed by atoms with Crippen molar-refractivity contribution in [2.75, 3.05) is 20.2 Å². The van der Waals surface area contributed by atoms with Crippen LogP contribution in [0.5, 0.6) is 11.6 Å². The minimum absolute atomic E-state index is 0.282. The van der Waals surface area contributed by atoms with Crippen molar-refractivity contribution in [2.45, 2.75) is 26.9 Å². The Kier molecular flexibility index (Phi) is 7.44. The molecule has 2 aromatic rings. The van der Waals surface area contributed by atoms with Crippen molar-refractivity contribution in [3.63, 3.8) is 0 Å². The first-order valence-corrected chi connectivity index (χ1v) is 9.02. The van der Waals surface area contributed by atoms with E-state index in [1.54, 1.807) is 36.7 Å². The molecular weight excluding hydrogens is 364 g/mol. The van der Waals surface area contributed by atoms with Gasteiger partial charge in [0.2, 0.25) is 5.88 Å². The molecule has 0 saturated carbocycles. The number of aliphatic imine (C=N–C) groups is 1. The summed E-state index contributed by atoms with van der Waals surface area (Å²) in [5.74, 6) is 0.981. The zero-order chi connectivity index (χ0) is 19.8. The number of aromatic nitrogens is 1. The normalized spacial score (nSPS) is 11.9. The van der Waals surface area contributed by atoms with Gasteiger partial charge in [-0.2, -0.15) is 5.26 Å². The van der Waals surface area contributed by atoms with Gasteiger partial charge in [-0.05, 0) is 51.1 Å². The smallest absolute Gasteiger partial charge is 0.232 e. The lowest BCUT2D eigenvalue weighted by molar-refractivity contribution is 0.137. The molecule has 0 radical (unpaired) electrons. The van der Waals surface area contributed by atoms with Crippen LogP contribution in [0.15, 0.2) is 35.3 Å². The van der Waals surface area contributed by atoms with Crippen LogP contribution in [0, 0.1) is 18.3 Å². The van der Waals surface area contributed by atoms with Gasteiger partial charge in [0, 0.05) is 18.6 Å². The molecule has 1 aromatic heterocycles. The standard InChI is InChI=1S/C20H23ClN4O2/c1-5-25(4)13-23-19-10-16(11-22)20(24-15(19)3)27-14(2)12-26-18-8-6-17(21)7-9-18/h6-10,13-14H,5,12H2,1-4H3/b23-13-. The number of pyridine rings is 1. The van der Waals surface area contributed by atoms with E-state index in [2.05, 4.69) is 16.0 Å². The summed E-state index contributed by atoms with van der Waals surface area (Å²) in [6.07, 6.45) is 1.43. The Balaban J connectivity index is 2.06. The van der Waals surface area contributed by atoms with Crippen molar-refractivity contribution in [1.82, 2.24) is 9.88 Å². The second-order valence-electron chi connectivity index (χ2n) is 6.07. The summed E-state index contributed by atoms with van der Waals surface area (Å²) in [4.78, 5) is 10.7. The molecule has 0 saturated heterocycles. The SMILES string of the molecule is CCN(C)/C=N\c1cc(C#N)c(OC(C)COc2ccc(Cl)cc2)nc1C. The third-order valence-electron chi connectivity index (χ3n) is 3.78. The third-order valence-corrected chi connectivity index (χ3v) is 4.03. The monoisotopic (exact) mass is 386 g/mol. The van der Waals surface area contributed by atoms with Crippen LogP contribution in [-0.4, -0.2) is 42.5 Å². The lowest BCUT2D eigenvalue weighted by Gasteiger charge is -2.16. The molecule has 1 aromatic carbocycles. The highest BCUT2D eigenvalue weighted by molar-refractivity contribution is 6.30. The van der Waals surface area contributed by atoms with E-state index in [1.165, 1.54) is 0 Å². The highest BCUT2D eigenvalue weighted by atomic mass is 35.5. The number of ether oxygens (including phenoxy) is 2. The predicted molar refractivity (Wildman–Crippen MR) is 107 cm³/mol. The Morgan fingerprint density at radius 1 is 1.37 bits per heavy atom. The maximum Gasteiger partial charge on any atom is 0.232 e. The van der Waals surface area contributed by atoms with Gasteiger partial charge in [-0.1, -0.05) is 11.6 Å². The van der Waals surface area contributed by atoms with E-state index in [0.717, 1.165) is 6.54 Å². The molecule has 0 aliphatic heterocycles. The van der Waals surface area contributed by atoms with Crippen LogP contribution in [0.1, 0.15) is 25.1 Å². The van der Waals surface area contributed by atoms with Gasteiger partial charge in [-0.3, -0.25) is 0 Å². The van der Waals surface area contributed by atoms with Crippen LogP contribution in [0.3, 0.4) is 0 Å². The summed E-state index contributed by atoms with van der Waals surface area (Å²) in [6, 6.07) is 10.9. The highest BCUT2D eigenvalue weighted by Gasteiger charge is 2.14. The number of rotatable bonds is 8. The van der Waals surface area contributed by atoms with Crippen LogP contribution in [0.25, 0.3) is 0 Å². The van der Waals surface area contributed by atoms with Gasteiger partial charge in [0.15, 0.2) is 0 Å². The van der Waals surface area contributed by atoms with Gasteiger partial charge in [-0.25, -0.2) is 9.98 Å². The topological polar surface area (TPSA) is 70.7 Å². The number of benzene rings is 1. The fourth-order valence-corrected chi connectivity index (χ4v) is 2.21. The average molecular weight is 387 g/mol. The largest absolute Gasteiger partial charge is 0.490 e. The second-order valence-corrected chi connectivity index (χ2v) is 6.51. The Morgan fingerprint density at radius 2 is 2.07 bits per heavy atom. The van der Waals surface area contributed by atoms with E-state index in [1.807, 2.05) is 32.7 Å². The van der Waals surface area contributed by atoms with Crippen molar-refractivity contribution < 1.29 is 9.47 Å². The van der Waals surface area contributed by atoms with Gasteiger partial charge in [0.05, 0.1) is 17.7 Å². The minimum Gasteiger partial charge on any atom is -0.490 e. The van der Waals surface area contributed by atoms with Crippen LogP contribution in [0.2, 0.25) is 5.02 Å². The summed E-state index contributed by atoms with van der Waals surface area (Å²) >= 11 is 5.86. The van der Waals surface area contributed by atoms with Gasteiger partial charge >= 0.3 is 0 Å². The Labute approximate surface area is 165 Å².